The predicted octanol–water partition coefficient (Wildman–Crippen LogP) is 6.63. The van der Waals surface area contributed by atoms with E-state index in [0.717, 1.165) is 12.0 Å². The molecule has 170 valence electrons. The summed E-state index contributed by atoms with van der Waals surface area (Å²) in [5.74, 6) is 0. The normalized spacial score (nSPS) is 11.0. The molecular weight excluding hydrogens is 448 g/mol. The van der Waals surface area contributed by atoms with Gasteiger partial charge in [-0.15, -0.1) is 0 Å². The topological polar surface area (TPSA) is 57.2 Å². The molecule has 0 heterocycles. The molecule has 4 aromatic carbocycles. The second kappa shape index (κ2) is 11.8. The van der Waals surface area contributed by atoms with Gasteiger partial charge in [0.1, 0.15) is 10.1 Å². The second-order valence-electron chi connectivity index (χ2n) is 7.59. The van der Waals surface area contributed by atoms with Crippen molar-refractivity contribution in [3.8, 4) is 0 Å². The summed E-state index contributed by atoms with van der Waals surface area (Å²) in [4.78, 5) is 3.95. The zero-order valence-corrected chi connectivity index (χ0v) is 20.5. The van der Waals surface area contributed by atoms with E-state index in [1.54, 1.807) is 12.1 Å². The summed E-state index contributed by atoms with van der Waals surface area (Å²) < 4.78 is 31.2. The molecule has 0 aliphatic heterocycles. The van der Waals surface area contributed by atoms with E-state index in [1.165, 1.54) is 38.8 Å². The Morgan fingerprint density at radius 3 is 1.55 bits per heavy atom. The molecule has 4 aromatic rings. The molecule has 0 N–H and O–H groups in total. The van der Waals surface area contributed by atoms with Crippen LogP contribution in [0.4, 0.5) is 0 Å². The highest BCUT2D eigenvalue weighted by molar-refractivity contribution is 7.97. The minimum Gasteiger partial charge on any atom is -0.744 e. The van der Waals surface area contributed by atoms with Crippen molar-refractivity contribution in [1.29, 1.82) is 0 Å². The van der Waals surface area contributed by atoms with Gasteiger partial charge in [-0.1, -0.05) is 79.6 Å². The van der Waals surface area contributed by atoms with Crippen molar-refractivity contribution in [2.45, 2.75) is 46.3 Å². The first-order chi connectivity index (χ1) is 15.9. The van der Waals surface area contributed by atoms with Crippen LogP contribution >= 0.6 is 0 Å². The molecule has 4 rings (SSSR count). The molecule has 0 aliphatic carbocycles. The van der Waals surface area contributed by atoms with Crippen LogP contribution in [0.15, 0.2) is 129 Å². The molecule has 0 saturated heterocycles. The van der Waals surface area contributed by atoms with Crippen LogP contribution in [-0.2, 0) is 27.4 Å². The summed E-state index contributed by atoms with van der Waals surface area (Å²) in [5, 5.41) is 0. The first-order valence-electron chi connectivity index (χ1n) is 10.8. The van der Waals surface area contributed by atoms with E-state index in [0.29, 0.717) is 0 Å². The van der Waals surface area contributed by atoms with Gasteiger partial charge in [0.25, 0.3) is 0 Å². The van der Waals surface area contributed by atoms with Crippen molar-refractivity contribution >= 4 is 21.0 Å². The Kier molecular flexibility index (Phi) is 8.89. The van der Waals surface area contributed by atoms with Gasteiger partial charge in [-0.05, 0) is 67.4 Å². The van der Waals surface area contributed by atoms with E-state index < -0.39 is 10.1 Å². The van der Waals surface area contributed by atoms with E-state index in [-0.39, 0.29) is 15.8 Å². The summed E-state index contributed by atoms with van der Waals surface area (Å²) in [6.07, 6.45) is 2.35. The highest BCUT2D eigenvalue weighted by Gasteiger charge is 2.27. The number of hydrogen-bond acceptors (Lipinski definition) is 3. The van der Waals surface area contributed by atoms with Gasteiger partial charge < -0.3 is 4.55 Å². The molecule has 3 nitrogen and oxygen atoms in total. The predicted molar refractivity (Wildman–Crippen MR) is 135 cm³/mol. The van der Waals surface area contributed by atoms with Crippen LogP contribution in [0.1, 0.15) is 24.5 Å². The summed E-state index contributed by atoms with van der Waals surface area (Å²) in [7, 11) is -4.30. The Hall–Kier alpha value is -2.86. The lowest BCUT2D eigenvalue weighted by Crippen LogP contribution is -2.04. The van der Waals surface area contributed by atoms with Crippen molar-refractivity contribution in [1.82, 2.24) is 0 Å². The molecule has 33 heavy (non-hydrogen) atoms. The van der Waals surface area contributed by atoms with Crippen molar-refractivity contribution < 1.29 is 13.0 Å². The Morgan fingerprint density at radius 1 is 0.667 bits per heavy atom. The minimum atomic E-state index is -4.27. The van der Waals surface area contributed by atoms with Crippen LogP contribution < -0.4 is 0 Å². The number of hydrogen-bond donors (Lipinski definition) is 0. The molecule has 0 spiro atoms. The molecule has 0 aliphatic rings. The van der Waals surface area contributed by atoms with E-state index in [2.05, 4.69) is 91.9 Å². The van der Waals surface area contributed by atoms with E-state index >= 15 is 0 Å². The molecule has 0 bridgehead atoms. The molecular formula is C28H28O3S2. The standard InChI is InChI=1S/C21H21S.C7H8O3S/c1-2-9-18-14-16-21(17-15-18)22(19-10-5-3-6-11-19)20-12-7-4-8-13-20;1-6-2-4-7(5-3-6)11(8,9)10/h3-8,10-17H,2,9H2,1H3;2-5H,1H3,(H,8,9,10)/q+1;/p-1. The first kappa shape index (κ1) is 24.8. The molecule has 0 unspecified atom stereocenters. The van der Waals surface area contributed by atoms with E-state index in [9.17, 15) is 13.0 Å². The van der Waals surface area contributed by atoms with Crippen LogP contribution in [0.3, 0.4) is 0 Å². The fraction of sp³-hybridized carbons (Fsp3) is 0.143. The molecule has 0 saturated carbocycles. The molecule has 0 amide bonds. The highest BCUT2D eigenvalue weighted by atomic mass is 32.2. The summed E-state index contributed by atoms with van der Waals surface area (Å²) >= 11 is 0. The lowest BCUT2D eigenvalue weighted by atomic mass is 10.1. The first-order valence-corrected chi connectivity index (χ1v) is 13.5. The maximum absolute atomic E-state index is 10.4. The lowest BCUT2D eigenvalue weighted by Gasteiger charge is -2.08. The number of rotatable bonds is 6. The van der Waals surface area contributed by atoms with Gasteiger partial charge in [-0.25, -0.2) is 8.42 Å². The van der Waals surface area contributed by atoms with Crippen molar-refractivity contribution in [3.05, 3.63) is 120 Å². The Morgan fingerprint density at radius 2 is 1.12 bits per heavy atom. The fourth-order valence-corrected chi connectivity index (χ4v) is 5.86. The lowest BCUT2D eigenvalue weighted by molar-refractivity contribution is 0.463. The largest absolute Gasteiger partial charge is 0.744 e. The smallest absolute Gasteiger partial charge is 0.166 e. The third-order valence-corrected chi connectivity index (χ3v) is 8.05. The number of aryl methyl sites for hydroxylation is 2. The van der Waals surface area contributed by atoms with Gasteiger partial charge in [0.05, 0.1) is 15.8 Å². The van der Waals surface area contributed by atoms with Crippen LogP contribution in [0.5, 0.6) is 0 Å². The van der Waals surface area contributed by atoms with Gasteiger partial charge in [0.2, 0.25) is 0 Å². The Labute approximate surface area is 200 Å². The summed E-state index contributed by atoms with van der Waals surface area (Å²) in [6.45, 7) is 4.05. The average Bonchev–Trinajstić information content (AvgIpc) is 2.82. The van der Waals surface area contributed by atoms with Crippen molar-refractivity contribution in [3.63, 3.8) is 0 Å². The highest BCUT2D eigenvalue weighted by Crippen LogP contribution is 2.31. The Bertz CT molecular complexity index is 1180. The van der Waals surface area contributed by atoms with Crippen LogP contribution in [0.25, 0.3) is 0 Å². The Balaban J connectivity index is 0.000000235. The van der Waals surface area contributed by atoms with Gasteiger partial charge in [0, 0.05) is 0 Å². The molecule has 0 aromatic heterocycles. The van der Waals surface area contributed by atoms with Crippen molar-refractivity contribution in [2.24, 2.45) is 0 Å². The maximum atomic E-state index is 10.4. The maximum Gasteiger partial charge on any atom is 0.166 e. The van der Waals surface area contributed by atoms with Crippen LogP contribution in [0.2, 0.25) is 0 Å². The molecule has 0 fully saturated rings. The van der Waals surface area contributed by atoms with Gasteiger partial charge in [-0.2, -0.15) is 0 Å². The van der Waals surface area contributed by atoms with Crippen LogP contribution in [-0.4, -0.2) is 13.0 Å². The summed E-state index contributed by atoms with van der Waals surface area (Å²) in [5.41, 5.74) is 2.35. The van der Waals surface area contributed by atoms with E-state index in [4.69, 9.17) is 0 Å². The molecule has 0 radical (unpaired) electrons. The minimum absolute atomic E-state index is 0.0268. The average molecular weight is 477 g/mol. The van der Waals surface area contributed by atoms with Gasteiger partial charge >= 0.3 is 0 Å². The number of benzene rings is 4. The monoisotopic (exact) mass is 476 g/mol. The van der Waals surface area contributed by atoms with Crippen molar-refractivity contribution in [2.75, 3.05) is 0 Å². The molecule has 0 atom stereocenters. The summed E-state index contributed by atoms with van der Waals surface area (Å²) in [6, 6.07) is 36.6. The quantitative estimate of drug-likeness (QED) is 0.232. The van der Waals surface area contributed by atoms with Gasteiger partial charge in [0.15, 0.2) is 14.7 Å². The SMILES string of the molecule is CCCc1ccc([S+](c2ccccc2)c2ccccc2)cc1.Cc1ccc(S(=O)(=O)[O-])cc1. The third-order valence-electron chi connectivity index (χ3n) is 4.97. The van der Waals surface area contributed by atoms with E-state index in [1.807, 2.05) is 6.92 Å². The molecule has 5 heteroatoms. The zero-order chi connectivity index (χ0) is 23.7. The fourth-order valence-electron chi connectivity index (χ4n) is 3.31. The van der Waals surface area contributed by atoms with Crippen LogP contribution in [0, 0.1) is 6.92 Å². The van der Waals surface area contributed by atoms with Gasteiger partial charge in [-0.3, -0.25) is 0 Å². The zero-order valence-electron chi connectivity index (χ0n) is 18.8. The second-order valence-corrected chi connectivity index (χ2v) is 11.0. The third kappa shape index (κ3) is 7.32.